The van der Waals surface area contributed by atoms with Gasteiger partial charge in [-0.25, -0.2) is 17.7 Å². The Kier molecular flexibility index (Phi) is 4.66. The highest BCUT2D eigenvalue weighted by Gasteiger charge is 2.17. The highest BCUT2D eigenvalue weighted by atomic mass is 32.2. The summed E-state index contributed by atoms with van der Waals surface area (Å²) in [6, 6.07) is 3.26. The lowest BCUT2D eigenvalue weighted by Gasteiger charge is -2.20. The van der Waals surface area contributed by atoms with E-state index in [2.05, 4.69) is 4.98 Å². The lowest BCUT2D eigenvalue weighted by molar-refractivity contribution is 0.520. The van der Waals surface area contributed by atoms with Gasteiger partial charge in [0.05, 0.1) is 0 Å². The van der Waals surface area contributed by atoms with Crippen LogP contribution >= 0.6 is 0 Å². The van der Waals surface area contributed by atoms with Gasteiger partial charge in [-0.2, -0.15) is 0 Å². The van der Waals surface area contributed by atoms with Crippen molar-refractivity contribution in [2.24, 2.45) is 5.73 Å². The molecule has 0 bridgehead atoms. The maximum absolute atomic E-state index is 11.8. The molecule has 0 radical (unpaired) electrons. The Morgan fingerprint density at radius 3 is 2.33 bits per heavy atom. The Labute approximate surface area is 108 Å². The fourth-order valence-corrected chi connectivity index (χ4v) is 2.33. The Hall–Kier alpha value is -1.18. The molecular weight excluding hydrogens is 252 g/mol. The van der Waals surface area contributed by atoms with Gasteiger partial charge in [-0.3, -0.25) is 0 Å². The number of hydrogen-bond acceptors (Lipinski definition) is 5. The number of sulfonamides is 1. The monoisotopic (exact) mass is 272 g/mol. The number of likely N-dealkylation sites (N-methyl/N-ethyl adjacent to an activating group) is 1. The zero-order valence-corrected chi connectivity index (χ0v) is 12.0. The molecule has 6 nitrogen and oxygen atoms in total. The van der Waals surface area contributed by atoms with Crippen molar-refractivity contribution < 1.29 is 8.42 Å². The van der Waals surface area contributed by atoms with E-state index in [-0.39, 0.29) is 10.9 Å². The fourth-order valence-electron chi connectivity index (χ4n) is 1.49. The minimum absolute atomic E-state index is 0.0296. The first kappa shape index (κ1) is 14.9. The van der Waals surface area contributed by atoms with Crippen LogP contribution in [0, 0.1) is 0 Å². The predicted octanol–water partition coefficient (Wildman–Crippen LogP) is 0.115. The van der Waals surface area contributed by atoms with Crippen molar-refractivity contribution in [2.75, 3.05) is 32.6 Å². The first-order chi connectivity index (χ1) is 8.25. The van der Waals surface area contributed by atoms with E-state index in [0.29, 0.717) is 12.4 Å². The minimum atomic E-state index is -3.41. The first-order valence-electron chi connectivity index (χ1n) is 5.60. The molecule has 0 saturated carbocycles. The molecule has 0 spiro atoms. The normalized spacial score (nSPS) is 13.7. The molecule has 1 heterocycles. The number of rotatable bonds is 5. The van der Waals surface area contributed by atoms with Gasteiger partial charge in [0.1, 0.15) is 10.7 Å². The number of nitrogens with zero attached hydrogens (tertiary/aromatic N) is 3. The number of aromatic nitrogens is 1. The van der Waals surface area contributed by atoms with Crippen molar-refractivity contribution in [1.82, 2.24) is 9.29 Å². The van der Waals surface area contributed by atoms with Crippen LogP contribution in [0.3, 0.4) is 0 Å². The summed E-state index contributed by atoms with van der Waals surface area (Å²) in [5.41, 5.74) is 5.70. The Morgan fingerprint density at radius 2 is 1.94 bits per heavy atom. The smallest absolute Gasteiger partial charge is 0.244 e. The molecule has 1 rings (SSSR count). The van der Waals surface area contributed by atoms with Crippen LogP contribution in [0.2, 0.25) is 0 Å². The van der Waals surface area contributed by atoms with Crippen LogP contribution in [0.15, 0.2) is 23.2 Å². The van der Waals surface area contributed by atoms with Gasteiger partial charge < -0.3 is 10.6 Å². The SMILES string of the molecule is CC(N)CN(C)c1ccc(S(=O)(=O)N(C)C)cn1. The predicted molar refractivity (Wildman–Crippen MR) is 72.0 cm³/mol. The van der Waals surface area contributed by atoms with Gasteiger partial charge >= 0.3 is 0 Å². The molecule has 2 N–H and O–H groups in total. The van der Waals surface area contributed by atoms with Crippen LogP contribution in [-0.4, -0.2) is 51.4 Å². The molecule has 0 fully saturated rings. The molecule has 1 unspecified atom stereocenters. The Balaban J connectivity index is 2.94. The number of nitrogens with two attached hydrogens (primary N) is 1. The molecular formula is C11H20N4O2S. The zero-order chi connectivity index (χ0) is 13.9. The summed E-state index contributed by atoms with van der Waals surface area (Å²) in [5.74, 6) is 0.699. The zero-order valence-electron chi connectivity index (χ0n) is 11.2. The van der Waals surface area contributed by atoms with Crippen LogP contribution in [0.1, 0.15) is 6.92 Å². The van der Waals surface area contributed by atoms with E-state index >= 15 is 0 Å². The summed E-state index contributed by atoms with van der Waals surface area (Å²) in [4.78, 5) is 6.22. The van der Waals surface area contributed by atoms with E-state index in [4.69, 9.17) is 5.73 Å². The van der Waals surface area contributed by atoms with Crippen molar-refractivity contribution in [3.05, 3.63) is 18.3 Å². The van der Waals surface area contributed by atoms with Crippen molar-refractivity contribution >= 4 is 15.8 Å². The topological polar surface area (TPSA) is 79.5 Å². The Bertz CT molecular complexity index is 482. The third kappa shape index (κ3) is 3.41. The van der Waals surface area contributed by atoms with Crippen molar-refractivity contribution in [3.63, 3.8) is 0 Å². The molecule has 0 aromatic carbocycles. The molecule has 0 aliphatic heterocycles. The van der Waals surface area contributed by atoms with Gasteiger partial charge in [0.15, 0.2) is 0 Å². The fraction of sp³-hybridized carbons (Fsp3) is 0.545. The standard InChI is InChI=1S/C11H20N4O2S/c1-9(12)8-15(4)11-6-5-10(7-13-11)18(16,17)14(2)3/h5-7,9H,8,12H2,1-4H3. The van der Waals surface area contributed by atoms with E-state index < -0.39 is 10.0 Å². The number of pyridine rings is 1. The van der Waals surface area contributed by atoms with Crippen LogP contribution in [0.4, 0.5) is 5.82 Å². The average molecular weight is 272 g/mol. The molecule has 1 aromatic rings. The van der Waals surface area contributed by atoms with Crippen LogP contribution in [0.5, 0.6) is 0 Å². The van der Waals surface area contributed by atoms with Crippen LogP contribution < -0.4 is 10.6 Å². The van der Waals surface area contributed by atoms with Gasteiger partial charge in [-0.1, -0.05) is 0 Å². The van der Waals surface area contributed by atoms with E-state index in [1.807, 2.05) is 18.9 Å². The molecule has 0 aliphatic rings. The molecule has 18 heavy (non-hydrogen) atoms. The second-order valence-electron chi connectivity index (χ2n) is 4.50. The summed E-state index contributed by atoms with van der Waals surface area (Å²) >= 11 is 0. The first-order valence-corrected chi connectivity index (χ1v) is 7.04. The third-order valence-corrected chi connectivity index (χ3v) is 4.25. The highest BCUT2D eigenvalue weighted by Crippen LogP contribution is 2.15. The summed E-state index contributed by atoms with van der Waals surface area (Å²) in [5, 5.41) is 0. The molecule has 0 aliphatic carbocycles. The van der Waals surface area contributed by atoms with Gasteiger partial charge in [0.25, 0.3) is 0 Å². The van der Waals surface area contributed by atoms with E-state index in [1.54, 1.807) is 12.1 Å². The lowest BCUT2D eigenvalue weighted by Crippen LogP contribution is -2.33. The molecule has 1 aromatic heterocycles. The van der Waals surface area contributed by atoms with Gasteiger partial charge in [-0.15, -0.1) is 0 Å². The third-order valence-electron chi connectivity index (χ3n) is 2.45. The van der Waals surface area contributed by atoms with Crippen LogP contribution in [0.25, 0.3) is 0 Å². The van der Waals surface area contributed by atoms with Gasteiger partial charge in [-0.05, 0) is 19.1 Å². The number of hydrogen-bond donors (Lipinski definition) is 1. The molecule has 7 heteroatoms. The van der Waals surface area contributed by atoms with E-state index in [9.17, 15) is 8.42 Å². The van der Waals surface area contributed by atoms with E-state index in [0.717, 1.165) is 4.31 Å². The lowest BCUT2D eigenvalue weighted by atomic mass is 10.3. The molecule has 1 atom stereocenters. The highest BCUT2D eigenvalue weighted by molar-refractivity contribution is 7.89. The largest absolute Gasteiger partial charge is 0.358 e. The summed E-state index contributed by atoms with van der Waals surface area (Å²) < 4.78 is 24.8. The molecule has 0 amide bonds. The summed E-state index contributed by atoms with van der Waals surface area (Å²) in [6.45, 7) is 2.56. The molecule has 0 saturated heterocycles. The maximum Gasteiger partial charge on any atom is 0.244 e. The summed E-state index contributed by atoms with van der Waals surface area (Å²) in [7, 11) is 1.44. The quantitative estimate of drug-likeness (QED) is 0.823. The number of anilines is 1. The van der Waals surface area contributed by atoms with Gasteiger partial charge in [0, 0.05) is 39.9 Å². The minimum Gasteiger partial charge on any atom is -0.358 e. The summed E-state index contributed by atoms with van der Waals surface area (Å²) in [6.07, 6.45) is 1.36. The van der Waals surface area contributed by atoms with Gasteiger partial charge in [0.2, 0.25) is 10.0 Å². The van der Waals surface area contributed by atoms with Crippen molar-refractivity contribution in [3.8, 4) is 0 Å². The van der Waals surface area contributed by atoms with Crippen molar-refractivity contribution in [2.45, 2.75) is 17.9 Å². The Morgan fingerprint density at radius 1 is 1.33 bits per heavy atom. The van der Waals surface area contributed by atoms with E-state index in [1.165, 1.54) is 20.3 Å². The average Bonchev–Trinajstić information content (AvgIpc) is 2.28. The molecule has 102 valence electrons. The van der Waals surface area contributed by atoms with Crippen molar-refractivity contribution in [1.29, 1.82) is 0 Å². The van der Waals surface area contributed by atoms with Crippen LogP contribution in [-0.2, 0) is 10.0 Å². The maximum atomic E-state index is 11.8. The second-order valence-corrected chi connectivity index (χ2v) is 6.65. The second kappa shape index (κ2) is 5.64.